The SMILES string of the molecule is CN1CCC(Oc2ccc(Br)c(F)c2[C@H]2NC(=O)C[C@H](c3cccc(Cl)c3)[C@@]23C(=O)Nc2cc(Cl)ccc23)CC1. The van der Waals surface area contributed by atoms with Gasteiger partial charge in [0.1, 0.15) is 23.1 Å². The molecule has 3 aliphatic heterocycles. The summed E-state index contributed by atoms with van der Waals surface area (Å²) in [6.45, 7) is 1.72. The van der Waals surface area contributed by atoms with E-state index in [0.717, 1.165) is 25.9 Å². The number of rotatable bonds is 4. The van der Waals surface area contributed by atoms with E-state index in [4.69, 9.17) is 27.9 Å². The molecule has 6 nitrogen and oxygen atoms in total. The van der Waals surface area contributed by atoms with Gasteiger partial charge >= 0.3 is 0 Å². The number of nitrogens with one attached hydrogen (secondary N) is 2. The Hall–Kier alpha value is -2.65. The van der Waals surface area contributed by atoms with Crippen LogP contribution in [0.15, 0.2) is 59.1 Å². The number of carbonyl (C=O) groups is 2. The Labute approximate surface area is 250 Å². The van der Waals surface area contributed by atoms with Gasteiger partial charge in [0, 0.05) is 41.2 Å². The molecule has 208 valence electrons. The number of halogens is 4. The third-order valence-electron chi connectivity index (χ3n) is 8.34. The smallest absolute Gasteiger partial charge is 0.238 e. The zero-order valence-corrected chi connectivity index (χ0v) is 24.7. The molecule has 3 aromatic carbocycles. The van der Waals surface area contributed by atoms with Crippen molar-refractivity contribution in [2.24, 2.45) is 0 Å². The summed E-state index contributed by atoms with van der Waals surface area (Å²) in [5, 5.41) is 6.91. The van der Waals surface area contributed by atoms with Crippen LogP contribution < -0.4 is 15.4 Å². The fourth-order valence-electron chi connectivity index (χ4n) is 6.45. The molecular weight excluding hydrogens is 620 g/mol. The second-order valence-electron chi connectivity index (χ2n) is 10.7. The van der Waals surface area contributed by atoms with Crippen LogP contribution in [0.2, 0.25) is 10.0 Å². The highest BCUT2D eigenvalue weighted by molar-refractivity contribution is 9.10. The van der Waals surface area contributed by atoms with Gasteiger partial charge in [0.05, 0.1) is 16.1 Å². The lowest BCUT2D eigenvalue weighted by Crippen LogP contribution is -2.57. The van der Waals surface area contributed by atoms with Crippen LogP contribution in [0.3, 0.4) is 0 Å². The predicted octanol–water partition coefficient (Wildman–Crippen LogP) is 6.60. The Morgan fingerprint density at radius 3 is 2.55 bits per heavy atom. The van der Waals surface area contributed by atoms with Gasteiger partial charge in [-0.15, -0.1) is 0 Å². The molecule has 0 saturated carbocycles. The zero-order chi connectivity index (χ0) is 28.2. The van der Waals surface area contributed by atoms with Crippen molar-refractivity contribution < 1.29 is 18.7 Å². The van der Waals surface area contributed by atoms with Gasteiger partial charge in [-0.25, -0.2) is 4.39 Å². The average Bonchev–Trinajstić information content (AvgIpc) is 3.20. The maximum atomic E-state index is 16.3. The topological polar surface area (TPSA) is 70.7 Å². The second kappa shape index (κ2) is 10.6. The van der Waals surface area contributed by atoms with Gasteiger partial charge in [0.15, 0.2) is 0 Å². The third kappa shape index (κ3) is 4.59. The van der Waals surface area contributed by atoms with E-state index in [-0.39, 0.29) is 34.4 Å². The van der Waals surface area contributed by atoms with Gasteiger partial charge in [-0.2, -0.15) is 0 Å². The van der Waals surface area contributed by atoms with Gasteiger partial charge < -0.3 is 20.3 Å². The molecule has 0 bridgehead atoms. The van der Waals surface area contributed by atoms with Crippen molar-refractivity contribution in [1.82, 2.24) is 10.2 Å². The van der Waals surface area contributed by atoms with Gasteiger partial charge in [-0.05, 0) is 83.3 Å². The number of hydrogen-bond donors (Lipinski definition) is 2. The summed E-state index contributed by atoms with van der Waals surface area (Å²) in [6, 6.07) is 14.5. The minimum absolute atomic E-state index is 0.00704. The molecule has 0 aromatic heterocycles. The molecule has 40 heavy (non-hydrogen) atoms. The number of likely N-dealkylation sites (tertiary alicyclic amines) is 1. The third-order valence-corrected chi connectivity index (χ3v) is 9.43. The second-order valence-corrected chi connectivity index (χ2v) is 12.4. The first-order valence-electron chi connectivity index (χ1n) is 13.2. The number of hydrogen-bond acceptors (Lipinski definition) is 4. The molecule has 3 atom stereocenters. The molecule has 6 rings (SSSR count). The minimum Gasteiger partial charge on any atom is -0.490 e. The van der Waals surface area contributed by atoms with Gasteiger partial charge in [0.2, 0.25) is 11.8 Å². The van der Waals surface area contributed by atoms with Crippen LogP contribution in [-0.4, -0.2) is 43.0 Å². The Kier molecular flexibility index (Phi) is 7.32. The molecule has 1 spiro atoms. The summed E-state index contributed by atoms with van der Waals surface area (Å²) in [5.41, 5.74) is 0.579. The molecule has 0 aliphatic carbocycles. The van der Waals surface area contributed by atoms with Crippen LogP contribution in [0, 0.1) is 5.82 Å². The van der Waals surface area contributed by atoms with E-state index in [1.54, 1.807) is 48.5 Å². The Morgan fingerprint density at radius 2 is 1.80 bits per heavy atom. The van der Waals surface area contributed by atoms with E-state index in [0.29, 0.717) is 32.6 Å². The van der Waals surface area contributed by atoms with Crippen LogP contribution in [0.1, 0.15) is 47.9 Å². The van der Waals surface area contributed by atoms with Crippen LogP contribution in [0.25, 0.3) is 0 Å². The normalized spacial score (nSPS) is 25.0. The first-order valence-corrected chi connectivity index (χ1v) is 14.7. The molecule has 3 heterocycles. The van der Waals surface area contributed by atoms with Crippen molar-refractivity contribution in [3.63, 3.8) is 0 Å². The lowest BCUT2D eigenvalue weighted by molar-refractivity contribution is -0.131. The highest BCUT2D eigenvalue weighted by atomic mass is 79.9. The first kappa shape index (κ1) is 27.5. The molecule has 2 fully saturated rings. The summed E-state index contributed by atoms with van der Waals surface area (Å²) in [7, 11) is 2.06. The van der Waals surface area contributed by atoms with E-state index in [2.05, 4.69) is 38.5 Å². The van der Waals surface area contributed by atoms with Crippen molar-refractivity contribution in [1.29, 1.82) is 0 Å². The van der Waals surface area contributed by atoms with Crippen LogP contribution in [0.4, 0.5) is 10.1 Å². The van der Waals surface area contributed by atoms with Crippen molar-refractivity contribution in [3.05, 3.63) is 91.6 Å². The number of nitrogens with zero attached hydrogens (tertiary/aromatic N) is 1. The molecule has 3 aliphatic rings. The number of anilines is 1. The fourth-order valence-corrected chi connectivity index (χ4v) is 7.17. The number of benzene rings is 3. The molecule has 2 saturated heterocycles. The molecule has 0 radical (unpaired) electrons. The number of fused-ring (bicyclic) bond motifs is 2. The molecule has 0 unspecified atom stereocenters. The van der Waals surface area contributed by atoms with Gasteiger partial charge in [0.25, 0.3) is 0 Å². The Bertz CT molecular complexity index is 1510. The lowest BCUT2D eigenvalue weighted by atomic mass is 9.59. The Morgan fingerprint density at radius 1 is 1.05 bits per heavy atom. The minimum atomic E-state index is -1.41. The number of carbonyl (C=O) groups excluding carboxylic acids is 2. The highest BCUT2D eigenvalue weighted by Gasteiger charge is 2.62. The zero-order valence-electron chi connectivity index (χ0n) is 21.6. The van der Waals surface area contributed by atoms with Crippen molar-refractivity contribution in [2.45, 2.75) is 42.7 Å². The summed E-state index contributed by atoms with van der Waals surface area (Å²) in [5.74, 6) is -1.59. The first-order chi connectivity index (χ1) is 19.2. The predicted molar refractivity (Wildman–Crippen MR) is 157 cm³/mol. The van der Waals surface area contributed by atoms with Crippen LogP contribution in [0.5, 0.6) is 5.75 Å². The van der Waals surface area contributed by atoms with Gasteiger partial charge in [-0.1, -0.05) is 41.4 Å². The average molecular weight is 647 g/mol. The van der Waals surface area contributed by atoms with E-state index >= 15 is 4.39 Å². The van der Waals surface area contributed by atoms with Crippen molar-refractivity contribution in [2.75, 3.05) is 25.5 Å². The monoisotopic (exact) mass is 645 g/mol. The van der Waals surface area contributed by atoms with E-state index in [1.807, 2.05) is 6.07 Å². The Balaban J connectivity index is 1.58. The van der Waals surface area contributed by atoms with Crippen LogP contribution in [-0.2, 0) is 15.0 Å². The quantitative estimate of drug-likeness (QED) is 0.335. The molecular formula is C30H27BrCl2FN3O3. The fraction of sp³-hybridized carbons (Fsp3) is 0.333. The number of amides is 2. The maximum absolute atomic E-state index is 16.3. The summed E-state index contributed by atoms with van der Waals surface area (Å²) >= 11 is 16.0. The molecule has 2 N–H and O–H groups in total. The van der Waals surface area contributed by atoms with Crippen molar-refractivity contribution >= 4 is 56.6 Å². The standard InChI is InChI=1S/C30H27BrCl2FN3O3/c1-37-11-9-19(10-12-37)40-24-8-7-22(31)27(34)26(24)28-30(20-6-5-18(33)14-23(20)35-29(30)39)21(15-25(38)36-28)16-3-2-4-17(32)13-16/h2-8,13-14,19,21,28H,9-12,15H2,1H3,(H,35,39)(H,36,38)/t21-,28-,30-/m1/s1. The highest BCUT2D eigenvalue weighted by Crippen LogP contribution is 2.59. The largest absolute Gasteiger partial charge is 0.490 e. The number of piperidine rings is 2. The summed E-state index contributed by atoms with van der Waals surface area (Å²) < 4.78 is 23.0. The van der Waals surface area contributed by atoms with Crippen molar-refractivity contribution in [3.8, 4) is 5.75 Å². The molecule has 10 heteroatoms. The number of ether oxygens (including phenoxy) is 1. The summed E-state index contributed by atoms with van der Waals surface area (Å²) in [6.07, 6.45) is 1.44. The van der Waals surface area contributed by atoms with Gasteiger partial charge in [-0.3, -0.25) is 9.59 Å². The van der Waals surface area contributed by atoms with Crippen LogP contribution >= 0.6 is 39.1 Å². The molecule has 3 aromatic rings. The van der Waals surface area contributed by atoms with E-state index in [9.17, 15) is 9.59 Å². The molecule has 2 amide bonds. The summed E-state index contributed by atoms with van der Waals surface area (Å²) in [4.78, 5) is 29.9. The van der Waals surface area contributed by atoms with E-state index < -0.39 is 23.2 Å². The maximum Gasteiger partial charge on any atom is 0.238 e. The lowest BCUT2D eigenvalue weighted by Gasteiger charge is -2.47. The van der Waals surface area contributed by atoms with E-state index in [1.165, 1.54) is 0 Å².